The van der Waals surface area contributed by atoms with Crippen molar-refractivity contribution in [3.63, 3.8) is 0 Å². The monoisotopic (exact) mass is 432 g/mol. The van der Waals surface area contributed by atoms with Crippen molar-refractivity contribution in [3.8, 4) is 11.5 Å². The standard InChI is InChI=1S/C22H28N2O5S/c1-15(24(30(5,26)27)16-9-8-10-17(13-16)28-4)21(25)23-19-14-22(2,3)29-20-12-7-6-11-18(19)20/h6-13,15,19H,14H2,1-5H3,(H,23,25)/t15-,19-/m0/s1. The molecular weight excluding hydrogens is 404 g/mol. The molecule has 7 nitrogen and oxygen atoms in total. The number of ether oxygens (including phenoxy) is 2. The van der Waals surface area contributed by atoms with Gasteiger partial charge in [0.15, 0.2) is 0 Å². The van der Waals surface area contributed by atoms with Crippen LogP contribution in [0.5, 0.6) is 11.5 Å². The zero-order valence-corrected chi connectivity index (χ0v) is 18.7. The molecule has 1 aliphatic rings. The predicted molar refractivity (Wildman–Crippen MR) is 116 cm³/mol. The lowest BCUT2D eigenvalue weighted by atomic mass is 9.89. The van der Waals surface area contributed by atoms with Crippen LogP contribution in [-0.2, 0) is 14.8 Å². The number of carbonyl (C=O) groups excluding carboxylic acids is 1. The molecule has 162 valence electrons. The first-order chi connectivity index (χ1) is 14.0. The third kappa shape index (κ3) is 4.70. The van der Waals surface area contributed by atoms with Crippen LogP contribution in [0.25, 0.3) is 0 Å². The van der Waals surface area contributed by atoms with Gasteiger partial charge in [-0.1, -0.05) is 24.3 Å². The highest BCUT2D eigenvalue weighted by Crippen LogP contribution is 2.39. The van der Waals surface area contributed by atoms with Crippen LogP contribution in [0.1, 0.15) is 38.8 Å². The van der Waals surface area contributed by atoms with Gasteiger partial charge in [-0.2, -0.15) is 0 Å². The highest BCUT2D eigenvalue weighted by Gasteiger charge is 2.36. The van der Waals surface area contributed by atoms with Crippen molar-refractivity contribution in [2.75, 3.05) is 17.7 Å². The minimum absolute atomic E-state index is 0.286. The summed E-state index contributed by atoms with van der Waals surface area (Å²) in [6.07, 6.45) is 1.66. The quantitative estimate of drug-likeness (QED) is 0.757. The average molecular weight is 433 g/mol. The Morgan fingerprint density at radius 1 is 1.23 bits per heavy atom. The molecule has 0 saturated carbocycles. The van der Waals surface area contributed by atoms with Gasteiger partial charge in [0.1, 0.15) is 23.1 Å². The van der Waals surface area contributed by atoms with Crippen molar-refractivity contribution in [2.24, 2.45) is 0 Å². The molecule has 0 saturated heterocycles. The topological polar surface area (TPSA) is 84.9 Å². The maximum Gasteiger partial charge on any atom is 0.244 e. The van der Waals surface area contributed by atoms with Crippen molar-refractivity contribution in [1.29, 1.82) is 0 Å². The molecule has 8 heteroatoms. The Bertz CT molecular complexity index is 1040. The number of sulfonamides is 1. The molecule has 0 spiro atoms. The lowest BCUT2D eigenvalue weighted by Gasteiger charge is -2.38. The Labute approximate surface area is 178 Å². The first-order valence-corrected chi connectivity index (χ1v) is 11.6. The van der Waals surface area contributed by atoms with Crippen LogP contribution in [0.3, 0.4) is 0 Å². The number of rotatable bonds is 6. The van der Waals surface area contributed by atoms with Crippen LogP contribution in [0, 0.1) is 0 Å². The molecule has 2 aromatic carbocycles. The fraction of sp³-hybridized carbons (Fsp3) is 0.409. The van der Waals surface area contributed by atoms with Crippen LogP contribution in [-0.4, -0.2) is 39.3 Å². The zero-order chi connectivity index (χ0) is 22.1. The summed E-state index contributed by atoms with van der Waals surface area (Å²) in [5, 5.41) is 3.03. The van der Waals surface area contributed by atoms with Gasteiger partial charge in [-0.05, 0) is 39.0 Å². The lowest BCUT2D eigenvalue weighted by Crippen LogP contribution is -2.50. The molecule has 1 amide bonds. The van der Waals surface area contributed by atoms with Gasteiger partial charge < -0.3 is 14.8 Å². The summed E-state index contributed by atoms with van der Waals surface area (Å²) in [6.45, 7) is 5.50. The van der Waals surface area contributed by atoms with E-state index < -0.39 is 21.7 Å². The number of nitrogens with one attached hydrogen (secondary N) is 1. The molecule has 1 aliphatic heterocycles. The Morgan fingerprint density at radius 3 is 2.60 bits per heavy atom. The van der Waals surface area contributed by atoms with Gasteiger partial charge in [0, 0.05) is 18.1 Å². The van der Waals surface area contributed by atoms with E-state index in [1.54, 1.807) is 31.2 Å². The van der Waals surface area contributed by atoms with Crippen molar-refractivity contribution >= 4 is 21.6 Å². The highest BCUT2D eigenvalue weighted by atomic mass is 32.2. The third-order valence-corrected chi connectivity index (χ3v) is 6.33. The van der Waals surface area contributed by atoms with E-state index in [2.05, 4.69) is 5.32 Å². The van der Waals surface area contributed by atoms with Crippen LogP contribution in [0.4, 0.5) is 5.69 Å². The van der Waals surface area contributed by atoms with Crippen LogP contribution in [0.2, 0.25) is 0 Å². The normalized spacial score (nSPS) is 18.5. The maximum absolute atomic E-state index is 13.2. The van der Waals surface area contributed by atoms with Crippen molar-refractivity contribution in [1.82, 2.24) is 5.32 Å². The average Bonchev–Trinajstić information content (AvgIpc) is 2.66. The number of amides is 1. The van der Waals surface area contributed by atoms with Gasteiger partial charge in [-0.3, -0.25) is 9.10 Å². The Morgan fingerprint density at radius 2 is 1.93 bits per heavy atom. The summed E-state index contributed by atoms with van der Waals surface area (Å²) in [6, 6.07) is 13.0. The summed E-state index contributed by atoms with van der Waals surface area (Å²) >= 11 is 0. The van der Waals surface area contributed by atoms with E-state index in [0.29, 0.717) is 17.9 Å². The van der Waals surface area contributed by atoms with E-state index in [1.807, 2.05) is 38.1 Å². The van der Waals surface area contributed by atoms with E-state index in [1.165, 1.54) is 7.11 Å². The van der Waals surface area contributed by atoms with Crippen LogP contribution >= 0.6 is 0 Å². The number of hydrogen-bond acceptors (Lipinski definition) is 5. The molecular formula is C22H28N2O5S. The highest BCUT2D eigenvalue weighted by molar-refractivity contribution is 7.92. The summed E-state index contributed by atoms with van der Waals surface area (Å²) < 4.78 is 37.4. The van der Waals surface area contributed by atoms with Gasteiger partial charge in [-0.25, -0.2) is 8.42 Å². The zero-order valence-electron chi connectivity index (χ0n) is 17.9. The van der Waals surface area contributed by atoms with Gasteiger partial charge >= 0.3 is 0 Å². The Balaban J connectivity index is 1.89. The molecule has 0 fully saturated rings. The summed E-state index contributed by atoms with van der Waals surface area (Å²) in [5.74, 6) is 0.842. The number of nitrogens with zero attached hydrogens (tertiary/aromatic N) is 1. The molecule has 30 heavy (non-hydrogen) atoms. The molecule has 3 rings (SSSR count). The van der Waals surface area contributed by atoms with E-state index in [4.69, 9.17) is 9.47 Å². The van der Waals surface area contributed by atoms with Gasteiger partial charge in [0.05, 0.1) is 25.1 Å². The maximum atomic E-state index is 13.2. The molecule has 2 aromatic rings. The van der Waals surface area contributed by atoms with Crippen molar-refractivity contribution in [3.05, 3.63) is 54.1 Å². The molecule has 0 bridgehead atoms. The number of para-hydroxylation sites is 1. The molecule has 0 aromatic heterocycles. The fourth-order valence-electron chi connectivity index (χ4n) is 3.78. The second-order valence-electron chi connectivity index (χ2n) is 8.10. The van der Waals surface area contributed by atoms with Crippen molar-refractivity contribution < 1.29 is 22.7 Å². The second-order valence-corrected chi connectivity index (χ2v) is 9.96. The molecule has 0 aliphatic carbocycles. The van der Waals surface area contributed by atoms with Crippen LogP contribution < -0.4 is 19.1 Å². The van der Waals surface area contributed by atoms with Gasteiger partial charge in [0.2, 0.25) is 15.9 Å². The summed E-state index contributed by atoms with van der Waals surface area (Å²) in [7, 11) is -2.21. The second kappa shape index (κ2) is 8.18. The Hall–Kier alpha value is -2.74. The number of benzene rings is 2. The predicted octanol–water partition coefficient (Wildman–Crippen LogP) is 3.27. The Kier molecular flexibility index (Phi) is 5.99. The van der Waals surface area contributed by atoms with E-state index in [9.17, 15) is 13.2 Å². The molecule has 1 heterocycles. The fourth-order valence-corrected chi connectivity index (χ4v) is 4.95. The largest absolute Gasteiger partial charge is 0.497 e. The van der Waals surface area contributed by atoms with E-state index in [-0.39, 0.29) is 11.9 Å². The van der Waals surface area contributed by atoms with Gasteiger partial charge in [-0.15, -0.1) is 0 Å². The van der Waals surface area contributed by atoms with Crippen molar-refractivity contribution in [2.45, 2.75) is 44.9 Å². The number of hydrogen-bond donors (Lipinski definition) is 1. The first kappa shape index (κ1) is 22.0. The van der Waals surface area contributed by atoms with E-state index in [0.717, 1.165) is 21.9 Å². The van der Waals surface area contributed by atoms with Gasteiger partial charge in [0.25, 0.3) is 0 Å². The number of methoxy groups -OCH3 is 1. The number of carbonyl (C=O) groups is 1. The summed E-state index contributed by atoms with van der Waals surface area (Å²) in [4.78, 5) is 13.2. The molecule has 1 N–H and O–H groups in total. The molecule has 2 atom stereocenters. The van der Waals surface area contributed by atoms with Crippen LogP contribution in [0.15, 0.2) is 48.5 Å². The minimum atomic E-state index is -3.72. The molecule has 0 radical (unpaired) electrons. The summed E-state index contributed by atoms with van der Waals surface area (Å²) in [5.41, 5.74) is 0.788. The smallest absolute Gasteiger partial charge is 0.244 e. The number of anilines is 1. The SMILES string of the molecule is COc1cccc(N([C@@H](C)C(=O)N[C@H]2CC(C)(C)Oc3ccccc32)S(C)(=O)=O)c1. The minimum Gasteiger partial charge on any atom is -0.497 e. The number of fused-ring (bicyclic) bond motifs is 1. The first-order valence-electron chi connectivity index (χ1n) is 9.73. The molecule has 0 unspecified atom stereocenters. The third-order valence-electron chi connectivity index (χ3n) is 5.09. The lowest BCUT2D eigenvalue weighted by molar-refractivity contribution is -0.123. The van der Waals surface area contributed by atoms with E-state index >= 15 is 0 Å².